The summed E-state index contributed by atoms with van der Waals surface area (Å²) in [5.41, 5.74) is 8.27. The number of rotatable bonds is 3. The van der Waals surface area contributed by atoms with E-state index in [1.165, 1.54) is 0 Å². The Balaban J connectivity index is 1.94. The van der Waals surface area contributed by atoms with Crippen LogP contribution in [0.1, 0.15) is 26.3 Å². The third-order valence-electron chi connectivity index (χ3n) is 4.02. The van der Waals surface area contributed by atoms with E-state index >= 15 is 0 Å². The van der Waals surface area contributed by atoms with Gasteiger partial charge in [0.2, 0.25) is 0 Å². The average molecular weight is 331 g/mol. The first-order chi connectivity index (χ1) is 11.9. The molecule has 126 valence electrons. The Morgan fingerprint density at radius 2 is 1.56 bits per heavy atom. The van der Waals surface area contributed by atoms with E-state index in [9.17, 15) is 5.26 Å². The number of nitrogens with zero attached hydrogens (tertiary/aromatic N) is 2. The maximum Gasteiger partial charge on any atom is 0.127 e. The molecule has 0 saturated carbocycles. The normalized spacial score (nSPS) is 11.1. The number of benzene rings is 2. The van der Waals surface area contributed by atoms with Crippen molar-refractivity contribution in [3.05, 3.63) is 66.4 Å². The summed E-state index contributed by atoms with van der Waals surface area (Å²) in [6.45, 7) is 6.18. The predicted molar refractivity (Wildman–Crippen MR) is 101 cm³/mol. The fourth-order valence-electron chi connectivity index (χ4n) is 2.74. The van der Waals surface area contributed by atoms with Gasteiger partial charge in [-0.3, -0.25) is 0 Å². The molecule has 3 rings (SSSR count). The molecule has 0 radical (unpaired) electrons. The summed E-state index contributed by atoms with van der Waals surface area (Å²) in [5.74, 6) is 2.03. The first kappa shape index (κ1) is 16.7. The highest BCUT2D eigenvalue weighted by Crippen LogP contribution is 2.34. The van der Waals surface area contributed by atoms with Gasteiger partial charge < -0.3 is 15.0 Å². The lowest BCUT2D eigenvalue weighted by atomic mass is 10.0. The summed E-state index contributed by atoms with van der Waals surface area (Å²) in [7, 11) is 0. The highest BCUT2D eigenvalue weighted by atomic mass is 16.5. The number of nitrogen functional groups attached to an aromatic ring is 1. The van der Waals surface area contributed by atoms with Crippen LogP contribution in [0, 0.1) is 11.3 Å². The number of nitriles is 1. The van der Waals surface area contributed by atoms with Gasteiger partial charge in [-0.2, -0.15) is 5.26 Å². The van der Waals surface area contributed by atoms with E-state index in [0.29, 0.717) is 11.4 Å². The molecule has 0 unspecified atom stereocenters. The largest absolute Gasteiger partial charge is 0.457 e. The van der Waals surface area contributed by atoms with Crippen LogP contribution in [0.2, 0.25) is 0 Å². The molecule has 0 amide bonds. The SMILES string of the molecule is CC(C)(C)n1cc(-c2ccc(Oc3ccccc3)cc2)c(C#N)c1N. The van der Waals surface area contributed by atoms with Crippen molar-refractivity contribution in [3.8, 4) is 28.7 Å². The molecule has 4 heteroatoms. The molecule has 0 bridgehead atoms. The lowest BCUT2D eigenvalue weighted by Crippen LogP contribution is -2.22. The monoisotopic (exact) mass is 331 g/mol. The van der Waals surface area contributed by atoms with Gasteiger partial charge in [0.25, 0.3) is 0 Å². The van der Waals surface area contributed by atoms with Crippen LogP contribution in [-0.4, -0.2) is 4.57 Å². The van der Waals surface area contributed by atoms with Crippen molar-refractivity contribution in [2.24, 2.45) is 0 Å². The Labute approximate surface area is 148 Å². The molecule has 1 aromatic heterocycles. The van der Waals surface area contributed by atoms with Gasteiger partial charge in [0, 0.05) is 17.3 Å². The van der Waals surface area contributed by atoms with E-state index in [-0.39, 0.29) is 5.54 Å². The van der Waals surface area contributed by atoms with E-state index in [0.717, 1.165) is 22.6 Å². The first-order valence-electron chi connectivity index (χ1n) is 8.15. The zero-order chi connectivity index (χ0) is 18.0. The third-order valence-corrected chi connectivity index (χ3v) is 4.02. The quantitative estimate of drug-likeness (QED) is 0.721. The van der Waals surface area contributed by atoms with Crippen LogP contribution in [0.5, 0.6) is 11.5 Å². The van der Waals surface area contributed by atoms with Gasteiger partial charge in [0.1, 0.15) is 28.9 Å². The molecule has 0 fully saturated rings. The zero-order valence-electron chi connectivity index (χ0n) is 14.7. The Morgan fingerprint density at radius 3 is 2.12 bits per heavy atom. The minimum atomic E-state index is -0.190. The van der Waals surface area contributed by atoms with Crippen molar-refractivity contribution in [1.29, 1.82) is 5.26 Å². The number of hydrogen-bond acceptors (Lipinski definition) is 3. The third kappa shape index (κ3) is 3.36. The number of ether oxygens (including phenoxy) is 1. The highest BCUT2D eigenvalue weighted by Gasteiger charge is 2.22. The van der Waals surface area contributed by atoms with Crippen LogP contribution >= 0.6 is 0 Å². The van der Waals surface area contributed by atoms with E-state index in [4.69, 9.17) is 10.5 Å². The molecule has 2 aromatic carbocycles. The Hall–Kier alpha value is -3.19. The van der Waals surface area contributed by atoms with E-state index < -0.39 is 0 Å². The van der Waals surface area contributed by atoms with Crippen LogP contribution in [0.3, 0.4) is 0 Å². The summed E-state index contributed by atoms with van der Waals surface area (Å²) in [4.78, 5) is 0. The van der Waals surface area contributed by atoms with Crippen molar-refractivity contribution in [1.82, 2.24) is 4.57 Å². The van der Waals surface area contributed by atoms with Crippen molar-refractivity contribution in [3.63, 3.8) is 0 Å². The second-order valence-corrected chi connectivity index (χ2v) is 6.90. The first-order valence-corrected chi connectivity index (χ1v) is 8.15. The number of aromatic nitrogens is 1. The minimum Gasteiger partial charge on any atom is -0.457 e. The predicted octanol–water partition coefficient (Wildman–Crippen LogP) is 5.16. The van der Waals surface area contributed by atoms with E-state index in [1.807, 2.05) is 65.4 Å². The van der Waals surface area contributed by atoms with Crippen molar-refractivity contribution >= 4 is 5.82 Å². The van der Waals surface area contributed by atoms with Gasteiger partial charge in [-0.25, -0.2) is 0 Å². The molecule has 4 nitrogen and oxygen atoms in total. The number of hydrogen-bond donors (Lipinski definition) is 1. The van der Waals surface area contributed by atoms with Gasteiger partial charge in [-0.15, -0.1) is 0 Å². The smallest absolute Gasteiger partial charge is 0.127 e. The molecule has 0 atom stereocenters. The van der Waals surface area contributed by atoms with E-state index in [1.54, 1.807) is 0 Å². The molecule has 0 aliphatic rings. The fraction of sp³-hybridized carbons (Fsp3) is 0.190. The van der Waals surface area contributed by atoms with Crippen LogP contribution in [0.4, 0.5) is 5.82 Å². The van der Waals surface area contributed by atoms with Crippen molar-refractivity contribution in [2.45, 2.75) is 26.3 Å². The zero-order valence-corrected chi connectivity index (χ0v) is 14.7. The number of anilines is 1. The second-order valence-electron chi connectivity index (χ2n) is 6.90. The van der Waals surface area contributed by atoms with E-state index in [2.05, 4.69) is 26.8 Å². The molecule has 2 N–H and O–H groups in total. The molecule has 1 heterocycles. The molecule has 0 spiro atoms. The van der Waals surface area contributed by atoms with Gasteiger partial charge >= 0.3 is 0 Å². The van der Waals surface area contributed by atoms with Crippen molar-refractivity contribution < 1.29 is 4.74 Å². The Bertz CT molecular complexity index is 911. The van der Waals surface area contributed by atoms with Crippen molar-refractivity contribution in [2.75, 3.05) is 5.73 Å². The van der Waals surface area contributed by atoms with Gasteiger partial charge in [0.15, 0.2) is 0 Å². The molecule has 25 heavy (non-hydrogen) atoms. The molecule has 0 aliphatic heterocycles. The summed E-state index contributed by atoms with van der Waals surface area (Å²) < 4.78 is 7.75. The van der Waals surface area contributed by atoms with Crippen LogP contribution in [-0.2, 0) is 5.54 Å². The minimum absolute atomic E-state index is 0.190. The molecule has 0 saturated heterocycles. The van der Waals surface area contributed by atoms with Gasteiger partial charge in [-0.05, 0) is 50.6 Å². The topological polar surface area (TPSA) is 64.0 Å². The second kappa shape index (κ2) is 6.37. The molecule has 3 aromatic rings. The number of nitrogens with two attached hydrogens (primary N) is 1. The summed E-state index contributed by atoms with van der Waals surface area (Å²) in [5, 5.41) is 9.52. The van der Waals surface area contributed by atoms with Crippen LogP contribution < -0.4 is 10.5 Å². The van der Waals surface area contributed by atoms with Gasteiger partial charge in [0.05, 0.1) is 0 Å². The van der Waals surface area contributed by atoms with Gasteiger partial charge in [-0.1, -0.05) is 30.3 Å². The maximum absolute atomic E-state index is 9.52. The van der Waals surface area contributed by atoms with Crippen LogP contribution in [0.25, 0.3) is 11.1 Å². The molecule has 0 aliphatic carbocycles. The summed E-state index contributed by atoms with van der Waals surface area (Å²) in [6.07, 6.45) is 1.95. The highest BCUT2D eigenvalue weighted by molar-refractivity contribution is 5.77. The summed E-state index contributed by atoms with van der Waals surface area (Å²) >= 11 is 0. The lowest BCUT2D eigenvalue weighted by Gasteiger charge is -2.22. The average Bonchev–Trinajstić information content (AvgIpc) is 2.93. The van der Waals surface area contributed by atoms with Crippen LogP contribution in [0.15, 0.2) is 60.8 Å². The number of para-hydroxylation sites is 1. The Morgan fingerprint density at radius 1 is 0.960 bits per heavy atom. The Kier molecular flexibility index (Phi) is 4.24. The lowest BCUT2D eigenvalue weighted by molar-refractivity contribution is 0.404. The molecular weight excluding hydrogens is 310 g/mol. The summed E-state index contributed by atoms with van der Waals surface area (Å²) in [6, 6.07) is 19.5. The standard InChI is InChI=1S/C21H21N3O/c1-21(2,3)24-14-19(18(13-22)20(24)23)15-9-11-17(12-10-15)25-16-7-5-4-6-8-16/h4-12,14H,23H2,1-3H3. The molecular formula is C21H21N3O. The maximum atomic E-state index is 9.52. The fourth-order valence-corrected chi connectivity index (χ4v) is 2.74.